The van der Waals surface area contributed by atoms with Crippen molar-refractivity contribution < 1.29 is 18.7 Å². The van der Waals surface area contributed by atoms with Gasteiger partial charge in [0.1, 0.15) is 42.6 Å². The van der Waals surface area contributed by atoms with Gasteiger partial charge in [-0.3, -0.25) is 9.59 Å². The first kappa shape index (κ1) is 25.6. The van der Waals surface area contributed by atoms with Gasteiger partial charge in [-0.25, -0.2) is 19.0 Å². The zero-order valence-electron chi connectivity index (χ0n) is 21.3. The number of aromatic nitrogens is 4. The number of hydrogen-bond acceptors (Lipinski definition) is 6. The minimum absolute atomic E-state index is 0.00338. The molecule has 2 atom stereocenters. The Labute approximate surface area is 223 Å². The highest BCUT2D eigenvalue weighted by atomic mass is 35.5. The molecule has 4 aromatic rings. The monoisotopic (exact) mass is 536 g/mol. The SMILES string of the molecule is Cc1cc(-c2ncnn2C)c2cccc(OCc3c(Cl)cc(F)cc3[C@H](C)N3CC(=O)N[C@H](C)C3=O)c2n1. The number of amides is 2. The highest BCUT2D eigenvalue weighted by Crippen LogP contribution is 2.35. The van der Waals surface area contributed by atoms with E-state index < -0.39 is 17.9 Å². The largest absolute Gasteiger partial charge is 0.487 e. The molecule has 11 heteroatoms. The van der Waals surface area contributed by atoms with Crippen LogP contribution < -0.4 is 10.1 Å². The molecule has 0 aliphatic carbocycles. The number of halogens is 2. The third-order valence-electron chi connectivity index (χ3n) is 6.71. The number of nitrogens with one attached hydrogen (secondary N) is 1. The minimum atomic E-state index is -0.671. The van der Waals surface area contributed by atoms with Crippen molar-refractivity contribution in [2.75, 3.05) is 6.54 Å². The summed E-state index contributed by atoms with van der Waals surface area (Å²) in [5.41, 5.74) is 3.26. The van der Waals surface area contributed by atoms with Crippen LogP contribution >= 0.6 is 11.6 Å². The lowest BCUT2D eigenvalue weighted by molar-refractivity contribution is -0.145. The van der Waals surface area contributed by atoms with Gasteiger partial charge in [-0.2, -0.15) is 5.10 Å². The fourth-order valence-electron chi connectivity index (χ4n) is 4.82. The van der Waals surface area contributed by atoms with E-state index in [9.17, 15) is 14.0 Å². The number of carbonyl (C=O) groups excluding carboxylic acids is 2. The molecule has 0 spiro atoms. The van der Waals surface area contributed by atoms with Crippen molar-refractivity contribution in [3.05, 3.63) is 70.4 Å². The topological polar surface area (TPSA) is 102 Å². The second-order valence-electron chi connectivity index (χ2n) is 9.35. The maximum absolute atomic E-state index is 14.5. The van der Waals surface area contributed by atoms with Gasteiger partial charge in [-0.05, 0) is 50.6 Å². The van der Waals surface area contributed by atoms with Crippen molar-refractivity contribution in [1.29, 1.82) is 0 Å². The fraction of sp³-hybridized carbons (Fsp3) is 0.296. The minimum Gasteiger partial charge on any atom is -0.487 e. The molecule has 1 saturated heterocycles. The molecule has 38 heavy (non-hydrogen) atoms. The number of fused-ring (bicyclic) bond motifs is 1. The molecular weight excluding hydrogens is 511 g/mol. The van der Waals surface area contributed by atoms with Crippen molar-refractivity contribution in [3.8, 4) is 17.1 Å². The summed E-state index contributed by atoms with van der Waals surface area (Å²) in [5, 5.41) is 7.80. The third kappa shape index (κ3) is 4.67. The Morgan fingerprint density at radius 2 is 2.05 bits per heavy atom. The van der Waals surface area contributed by atoms with E-state index in [1.165, 1.54) is 23.4 Å². The second kappa shape index (κ2) is 10.0. The van der Waals surface area contributed by atoms with Crippen LogP contribution in [0.25, 0.3) is 22.3 Å². The first-order valence-electron chi connectivity index (χ1n) is 12.1. The highest BCUT2D eigenvalue weighted by molar-refractivity contribution is 6.31. The Morgan fingerprint density at radius 3 is 2.79 bits per heavy atom. The van der Waals surface area contributed by atoms with E-state index in [0.717, 1.165) is 16.6 Å². The van der Waals surface area contributed by atoms with Gasteiger partial charge in [0.15, 0.2) is 5.82 Å². The van der Waals surface area contributed by atoms with Gasteiger partial charge >= 0.3 is 0 Å². The standard InChI is InChI=1S/C27H26ClFN6O3/c1-14-8-20(26-30-13-31-34(26)4)18-6-5-7-23(25(18)32-14)38-12-21-19(9-17(29)10-22(21)28)16(3)35-11-24(36)33-15(2)27(35)37/h5-10,13,15-16H,11-12H2,1-4H3,(H,33,36)/t15-,16+/m1/s1. The van der Waals surface area contributed by atoms with E-state index in [0.29, 0.717) is 28.2 Å². The summed E-state index contributed by atoms with van der Waals surface area (Å²) in [5.74, 6) is 0.128. The molecule has 9 nitrogen and oxygen atoms in total. The Bertz CT molecular complexity index is 1570. The lowest BCUT2D eigenvalue weighted by Crippen LogP contribution is -2.57. The van der Waals surface area contributed by atoms with E-state index >= 15 is 0 Å². The van der Waals surface area contributed by atoms with Crippen LogP contribution in [0, 0.1) is 12.7 Å². The van der Waals surface area contributed by atoms with E-state index in [2.05, 4.69) is 15.4 Å². The molecule has 1 fully saturated rings. The molecule has 2 aromatic carbocycles. The number of piperazine rings is 1. The Kier molecular flexibility index (Phi) is 6.75. The normalized spacial score (nSPS) is 16.6. The number of aryl methyl sites for hydroxylation is 2. The number of para-hydroxylation sites is 1. The summed E-state index contributed by atoms with van der Waals surface area (Å²) in [7, 11) is 1.82. The lowest BCUT2D eigenvalue weighted by Gasteiger charge is -2.36. The summed E-state index contributed by atoms with van der Waals surface area (Å²) in [6.07, 6.45) is 1.49. The van der Waals surface area contributed by atoms with Crippen LogP contribution in [0.15, 0.2) is 42.7 Å². The van der Waals surface area contributed by atoms with Crippen molar-refractivity contribution >= 4 is 34.3 Å². The van der Waals surface area contributed by atoms with Crippen LogP contribution in [0.4, 0.5) is 4.39 Å². The molecule has 1 N–H and O–H groups in total. The van der Waals surface area contributed by atoms with Crippen LogP contribution in [-0.2, 0) is 23.2 Å². The molecular formula is C27H26ClFN6O3. The van der Waals surface area contributed by atoms with E-state index in [4.69, 9.17) is 21.3 Å². The molecule has 3 heterocycles. The van der Waals surface area contributed by atoms with Gasteiger partial charge in [0.25, 0.3) is 0 Å². The molecule has 0 saturated carbocycles. The molecule has 0 bridgehead atoms. The summed E-state index contributed by atoms with van der Waals surface area (Å²) in [6.45, 7) is 5.12. The van der Waals surface area contributed by atoms with Gasteiger partial charge in [0.2, 0.25) is 11.8 Å². The quantitative estimate of drug-likeness (QED) is 0.398. The molecule has 1 aliphatic heterocycles. The maximum atomic E-state index is 14.5. The average molecular weight is 537 g/mol. The molecule has 0 unspecified atom stereocenters. The fourth-order valence-corrected chi connectivity index (χ4v) is 5.08. The molecule has 0 radical (unpaired) electrons. The number of hydrogen-bond donors (Lipinski definition) is 1. The van der Waals surface area contributed by atoms with Gasteiger partial charge in [0.05, 0.1) is 11.1 Å². The predicted octanol–water partition coefficient (Wildman–Crippen LogP) is 4.12. The first-order chi connectivity index (χ1) is 18.1. The molecule has 196 valence electrons. The molecule has 5 rings (SSSR count). The van der Waals surface area contributed by atoms with Crippen molar-refractivity contribution in [1.82, 2.24) is 30.0 Å². The first-order valence-corrected chi connectivity index (χ1v) is 12.5. The lowest BCUT2D eigenvalue weighted by atomic mass is 9.98. The number of benzene rings is 2. The number of pyridine rings is 1. The van der Waals surface area contributed by atoms with Crippen LogP contribution in [0.5, 0.6) is 5.75 Å². The second-order valence-corrected chi connectivity index (χ2v) is 9.75. The van der Waals surface area contributed by atoms with E-state index in [-0.39, 0.29) is 30.0 Å². The molecule has 1 aliphatic rings. The number of carbonyl (C=O) groups is 2. The van der Waals surface area contributed by atoms with Crippen molar-refractivity contribution in [2.45, 2.75) is 39.5 Å². The van der Waals surface area contributed by atoms with Crippen molar-refractivity contribution in [3.63, 3.8) is 0 Å². The zero-order chi connectivity index (χ0) is 27.1. The summed E-state index contributed by atoms with van der Waals surface area (Å²) < 4.78 is 22.4. The van der Waals surface area contributed by atoms with Gasteiger partial charge in [-0.1, -0.05) is 23.7 Å². The van der Waals surface area contributed by atoms with Gasteiger partial charge in [-0.15, -0.1) is 0 Å². The summed E-state index contributed by atoms with van der Waals surface area (Å²) in [4.78, 5) is 35.5. The Hall–Kier alpha value is -4.05. The molecule has 2 aromatic heterocycles. The number of nitrogens with zero attached hydrogens (tertiary/aromatic N) is 5. The Balaban J connectivity index is 1.52. The number of rotatable bonds is 6. The smallest absolute Gasteiger partial charge is 0.245 e. The van der Waals surface area contributed by atoms with Crippen LogP contribution in [0.3, 0.4) is 0 Å². The van der Waals surface area contributed by atoms with Gasteiger partial charge < -0.3 is 15.0 Å². The summed E-state index contributed by atoms with van der Waals surface area (Å²) >= 11 is 6.49. The average Bonchev–Trinajstić information content (AvgIpc) is 3.30. The van der Waals surface area contributed by atoms with Gasteiger partial charge in [0, 0.05) is 29.3 Å². The molecule has 2 amide bonds. The Morgan fingerprint density at radius 1 is 1.26 bits per heavy atom. The van der Waals surface area contributed by atoms with Crippen LogP contribution in [-0.4, -0.2) is 49.0 Å². The third-order valence-corrected chi connectivity index (χ3v) is 7.05. The maximum Gasteiger partial charge on any atom is 0.245 e. The van der Waals surface area contributed by atoms with E-state index in [1.807, 2.05) is 32.2 Å². The van der Waals surface area contributed by atoms with E-state index in [1.54, 1.807) is 24.6 Å². The van der Waals surface area contributed by atoms with Crippen molar-refractivity contribution in [2.24, 2.45) is 7.05 Å². The number of ether oxygens (including phenoxy) is 1. The van der Waals surface area contributed by atoms with Crippen LogP contribution in [0.1, 0.15) is 36.7 Å². The summed E-state index contributed by atoms with van der Waals surface area (Å²) in [6, 6.07) is 8.80. The predicted molar refractivity (Wildman–Crippen MR) is 140 cm³/mol. The highest BCUT2D eigenvalue weighted by Gasteiger charge is 2.34. The van der Waals surface area contributed by atoms with Crippen LogP contribution in [0.2, 0.25) is 5.02 Å². The zero-order valence-corrected chi connectivity index (χ0v) is 22.1.